The summed E-state index contributed by atoms with van der Waals surface area (Å²) in [7, 11) is 1.46. The van der Waals surface area contributed by atoms with Crippen LogP contribution in [0.25, 0.3) is 0 Å². The Kier molecular flexibility index (Phi) is 2.35. The fourth-order valence-corrected chi connectivity index (χ4v) is 2.60. The van der Waals surface area contributed by atoms with E-state index in [1.165, 1.54) is 7.11 Å². The predicted octanol–water partition coefficient (Wildman–Crippen LogP) is 2.19. The molecule has 18 heavy (non-hydrogen) atoms. The Morgan fingerprint density at radius 1 is 1.50 bits per heavy atom. The van der Waals surface area contributed by atoms with E-state index in [0.717, 1.165) is 0 Å². The third-order valence-corrected chi connectivity index (χ3v) is 3.69. The zero-order valence-corrected chi connectivity index (χ0v) is 10.4. The van der Waals surface area contributed by atoms with E-state index in [4.69, 9.17) is 25.8 Å². The van der Waals surface area contributed by atoms with E-state index in [1.54, 1.807) is 6.07 Å². The van der Waals surface area contributed by atoms with Crippen LogP contribution in [0, 0.1) is 0 Å². The minimum absolute atomic E-state index is 0.0710. The van der Waals surface area contributed by atoms with Gasteiger partial charge in [0.1, 0.15) is 11.2 Å². The van der Waals surface area contributed by atoms with Gasteiger partial charge >= 0.3 is 5.97 Å². The van der Waals surface area contributed by atoms with Gasteiger partial charge in [0.2, 0.25) is 6.79 Å². The largest absolute Gasteiger partial charge is 0.495 e. The van der Waals surface area contributed by atoms with Crippen LogP contribution in [-0.4, -0.2) is 25.0 Å². The number of benzene rings is 1. The fourth-order valence-electron chi connectivity index (χ4n) is 2.32. The van der Waals surface area contributed by atoms with Gasteiger partial charge < -0.3 is 19.3 Å². The van der Waals surface area contributed by atoms with Gasteiger partial charge in [0.05, 0.1) is 17.7 Å². The monoisotopic (exact) mass is 270 g/mol. The van der Waals surface area contributed by atoms with Gasteiger partial charge in [0, 0.05) is 6.07 Å². The number of methoxy groups -OCH3 is 1. The highest BCUT2D eigenvalue weighted by molar-refractivity contribution is 6.32. The molecule has 96 valence electrons. The smallest absolute Gasteiger partial charge is 0.314 e. The molecular formula is C12H11ClO5. The van der Waals surface area contributed by atoms with E-state index in [1.807, 2.05) is 0 Å². The first-order valence-corrected chi connectivity index (χ1v) is 5.88. The van der Waals surface area contributed by atoms with Crippen molar-refractivity contribution in [3.8, 4) is 17.2 Å². The van der Waals surface area contributed by atoms with Crippen molar-refractivity contribution in [2.45, 2.75) is 18.3 Å². The molecule has 3 rings (SSSR count). The summed E-state index contributed by atoms with van der Waals surface area (Å²) in [6, 6.07) is 1.59. The predicted molar refractivity (Wildman–Crippen MR) is 62.7 cm³/mol. The zero-order chi connectivity index (χ0) is 12.9. The van der Waals surface area contributed by atoms with E-state index in [0.29, 0.717) is 40.7 Å². The van der Waals surface area contributed by atoms with Crippen molar-refractivity contribution in [3.63, 3.8) is 0 Å². The quantitative estimate of drug-likeness (QED) is 0.912. The molecule has 1 aliphatic heterocycles. The molecule has 6 heteroatoms. The van der Waals surface area contributed by atoms with Gasteiger partial charge in [-0.1, -0.05) is 11.6 Å². The number of fused-ring (bicyclic) bond motifs is 1. The van der Waals surface area contributed by atoms with Gasteiger partial charge in [-0.3, -0.25) is 4.79 Å². The Morgan fingerprint density at radius 2 is 2.22 bits per heavy atom. The summed E-state index contributed by atoms with van der Waals surface area (Å²) in [5, 5.41) is 9.74. The van der Waals surface area contributed by atoms with Crippen LogP contribution in [0.15, 0.2) is 6.07 Å². The van der Waals surface area contributed by atoms with Gasteiger partial charge in [-0.2, -0.15) is 0 Å². The summed E-state index contributed by atoms with van der Waals surface area (Å²) in [4.78, 5) is 11.5. The van der Waals surface area contributed by atoms with Gasteiger partial charge in [-0.05, 0) is 12.8 Å². The SMILES string of the molecule is COc1c(Cl)cc2c(c1C1(C(=O)O)CC1)OCO2. The maximum Gasteiger partial charge on any atom is 0.314 e. The van der Waals surface area contributed by atoms with Crippen molar-refractivity contribution in [1.82, 2.24) is 0 Å². The molecular weight excluding hydrogens is 260 g/mol. The molecule has 0 atom stereocenters. The van der Waals surface area contributed by atoms with Crippen molar-refractivity contribution in [1.29, 1.82) is 0 Å². The third-order valence-electron chi connectivity index (χ3n) is 3.41. The number of aliphatic carboxylic acids is 1. The number of hydrogen-bond acceptors (Lipinski definition) is 4. The molecule has 1 heterocycles. The van der Waals surface area contributed by atoms with Crippen molar-refractivity contribution < 1.29 is 24.1 Å². The number of halogens is 1. The Bertz CT molecular complexity index is 532. The highest BCUT2D eigenvalue weighted by Gasteiger charge is 2.56. The van der Waals surface area contributed by atoms with Crippen LogP contribution >= 0.6 is 11.6 Å². The Morgan fingerprint density at radius 3 is 2.78 bits per heavy atom. The minimum atomic E-state index is -0.950. The number of rotatable bonds is 3. The normalized spacial score (nSPS) is 18.6. The topological polar surface area (TPSA) is 65.0 Å². The highest BCUT2D eigenvalue weighted by Crippen LogP contribution is 2.59. The Hall–Kier alpha value is -1.62. The summed E-state index contributed by atoms with van der Waals surface area (Å²) in [5.41, 5.74) is -0.453. The number of carboxylic acids is 1. The van der Waals surface area contributed by atoms with E-state index in [2.05, 4.69) is 0 Å². The molecule has 0 unspecified atom stereocenters. The zero-order valence-electron chi connectivity index (χ0n) is 9.66. The first-order chi connectivity index (χ1) is 8.60. The molecule has 1 aliphatic carbocycles. The van der Waals surface area contributed by atoms with E-state index >= 15 is 0 Å². The minimum Gasteiger partial charge on any atom is -0.495 e. The molecule has 0 bridgehead atoms. The van der Waals surface area contributed by atoms with Gasteiger partial charge in [0.25, 0.3) is 0 Å². The molecule has 5 nitrogen and oxygen atoms in total. The van der Waals surface area contributed by atoms with Crippen LogP contribution in [-0.2, 0) is 10.2 Å². The maximum atomic E-state index is 11.5. The van der Waals surface area contributed by atoms with Crippen LogP contribution in [0.1, 0.15) is 18.4 Å². The summed E-state index contributed by atoms with van der Waals surface area (Å²) >= 11 is 6.10. The van der Waals surface area contributed by atoms with Crippen molar-refractivity contribution in [3.05, 3.63) is 16.7 Å². The molecule has 0 spiro atoms. The average molecular weight is 271 g/mol. The van der Waals surface area contributed by atoms with Gasteiger partial charge in [-0.25, -0.2) is 0 Å². The first kappa shape index (κ1) is 11.5. The molecule has 0 saturated heterocycles. The second kappa shape index (κ2) is 3.68. The van der Waals surface area contributed by atoms with Crippen LogP contribution in [0.4, 0.5) is 0 Å². The lowest BCUT2D eigenvalue weighted by molar-refractivity contribution is -0.140. The number of carboxylic acid groups (broad SMARTS) is 1. The standard InChI is InChI=1S/C12H11ClO5/c1-16-9-6(13)4-7-10(18-5-17-7)8(9)12(2-3-12)11(14)15/h4H,2-3,5H2,1H3,(H,14,15). The lowest BCUT2D eigenvalue weighted by atomic mass is 9.93. The lowest BCUT2D eigenvalue weighted by Gasteiger charge is -2.18. The number of ether oxygens (including phenoxy) is 3. The summed E-state index contributed by atoms with van der Waals surface area (Å²) in [6.07, 6.45) is 1.10. The Balaban J connectivity index is 2.27. The summed E-state index contributed by atoms with van der Waals surface area (Å²) < 4.78 is 15.9. The fraction of sp³-hybridized carbons (Fsp3) is 0.417. The van der Waals surface area contributed by atoms with E-state index in [9.17, 15) is 9.90 Å². The van der Waals surface area contributed by atoms with Crippen molar-refractivity contribution >= 4 is 17.6 Å². The first-order valence-electron chi connectivity index (χ1n) is 5.50. The molecule has 0 amide bonds. The highest BCUT2D eigenvalue weighted by atomic mass is 35.5. The molecule has 1 aromatic carbocycles. The molecule has 0 radical (unpaired) electrons. The molecule has 1 N–H and O–H groups in total. The summed E-state index contributed by atoms with van der Waals surface area (Å²) in [5.74, 6) is 0.390. The van der Waals surface area contributed by atoms with E-state index in [-0.39, 0.29) is 6.79 Å². The van der Waals surface area contributed by atoms with Crippen LogP contribution < -0.4 is 14.2 Å². The van der Waals surface area contributed by atoms with Crippen LogP contribution in [0.5, 0.6) is 17.2 Å². The Labute approximate surface area is 108 Å². The average Bonchev–Trinajstić information content (AvgIpc) is 3.01. The number of hydrogen-bond donors (Lipinski definition) is 1. The third kappa shape index (κ3) is 1.37. The van der Waals surface area contributed by atoms with Crippen molar-refractivity contribution in [2.75, 3.05) is 13.9 Å². The second-order valence-electron chi connectivity index (χ2n) is 4.39. The molecule has 2 aliphatic rings. The number of carbonyl (C=O) groups is 1. The van der Waals surface area contributed by atoms with Crippen LogP contribution in [0.3, 0.4) is 0 Å². The second-order valence-corrected chi connectivity index (χ2v) is 4.79. The summed E-state index contributed by atoms with van der Waals surface area (Å²) in [6.45, 7) is 0.0710. The molecule has 1 saturated carbocycles. The van der Waals surface area contributed by atoms with Crippen LogP contribution in [0.2, 0.25) is 5.02 Å². The molecule has 1 fully saturated rings. The molecule has 1 aromatic rings. The lowest BCUT2D eigenvalue weighted by Crippen LogP contribution is -2.21. The van der Waals surface area contributed by atoms with Gasteiger partial charge in [0.15, 0.2) is 11.5 Å². The van der Waals surface area contributed by atoms with E-state index < -0.39 is 11.4 Å². The van der Waals surface area contributed by atoms with Gasteiger partial charge in [-0.15, -0.1) is 0 Å². The van der Waals surface area contributed by atoms with Crippen molar-refractivity contribution in [2.24, 2.45) is 0 Å². The molecule has 0 aromatic heterocycles. The maximum absolute atomic E-state index is 11.5.